The Bertz CT molecular complexity index is 1370. The van der Waals surface area contributed by atoms with Crippen LogP contribution >= 0.6 is 0 Å². The van der Waals surface area contributed by atoms with Crippen molar-refractivity contribution in [3.63, 3.8) is 0 Å². The maximum atomic E-state index is 14.1. The molecule has 0 saturated carbocycles. The van der Waals surface area contributed by atoms with Crippen LogP contribution in [-0.4, -0.2) is 30.1 Å². The maximum absolute atomic E-state index is 14.1. The monoisotopic (exact) mass is 468 g/mol. The van der Waals surface area contributed by atoms with Crippen molar-refractivity contribution in [2.24, 2.45) is 7.05 Å². The van der Waals surface area contributed by atoms with Gasteiger partial charge in [-0.15, -0.1) is 0 Å². The van der Waals surface area contributed by atoms with Gasteiger partial charge in [0.05, 0.1) is 5.69 Å². The van der Waals surface area contributed by atoms with E-state index in [4.69, 9.17) is 0 Å². The normalized spacial score (nSPS) is 12.4. The van der Waals surface area contributed by atoms with Crippen LogP contribution in [0.15, 0.2) is 42.9 Å². The quantitative estimate of drug-likeness (QED) is 0.441. The minimum Gasteiger partial charge on any atom is -0.321 e. The highest BCUT2D eigenvalue weighted by Crippen LogP contribution is 2.40. The molecule has 7 nitrogen and oxygen atoms in total. The van der Waals surface area contributed by atoms with E-state index in [1.54, 1.807) is 13.0 Å². The Kier molecular flexibility index (Phi) is 5.14. The summed E-state index contributed by atoms with van der Waals surface area (Å²) in [5, 5.41) is 6.01. The Labute approximate surface area is 181 Å². The number of halogens is 6. The summed E-state index contributed by atoms with van der Waals surface area (Å²) in [6.45, 7) is 1.67. The fourth-order valence-electron chi connectivity index (χ4n) is 3.42. The highest BCUT2D eigenvalue weighted by Gasteiger charge is 2.43. The second kappa shape index (κ2) is 7.60. The zero-order valence-electron chi connectivity index (χ0n) is 17.0. The fraction of sp³-hybridized carbons (Fsp3) is 0.200. The Balaban J connectivity index is 1.84. The molecule has 4 heterocycles. The number of hydrogen-bond donors (Lipinski definition) is 1. The molecule has 13 heteroatoms. The highest BCUT2D eigenvalue weighted by atomic mass is 19.4. The summed E-state index contributed by atoms with van der Waals surface area (Å²) in [7, 11) is 1.14. The van der Waals surface area contributed by atoms with E-state index in [2.05, 4.69) is 20.4 Å². The molecule has 1 N–H and O–H groups in total. The van der Waals surface area contributed by atoms with E-state index in [9.17, 15) is 31.1 Å². The van der Waals surface area contributed by atoms with Gasteiger partial charge in [-0.2, -0.15) is 31.4 Å². The van der Waals surface area contributed by atoms with Gasteiger partial charge in [0, 0.05) is 31.3 Å². The van der Waals surface area contributed by atoms with Crippen LogP contribution in [0.3, 0.4) is 0 Å². The average molecular weight is 468 g/mol. The molecule has 0 aliphatic carbocycles. The number of hydrogen-bond acceptors (Lipinski definition) is 4. The maximum Gasteiger partial charge on any atom is 0.433 e. The van der Waals surface area contributed by atoms with E-state index in [0.29, 0.717) is 17.3 Å². The van der Waals surface area contributed by atoms with Crippen LogP contribution in [0.5, 0.6) is 0 Å². The molecule has 0 aliphatic heterocycles. The Morgan fingerprint density at radius 3 is 2.39 bits per heavy atom. The minimum absolute atomic E-state index is 0.0488. The second-order valence-corrected chi connectivity index (χ2v) is 7.15. The smallest absolute Gasteiger partial charge is 0.321 e. The number of rotatable bonds is 3. The minimum atomic E-state index is -5.00. The molecular formula is C20H14F6N6O. The number of carbonyl (C=O) groups excluding carboxylic acids is 1. The van der Waals surface area contributed by atoms with Crippen LogP contribution < -0.4 is 5.32 Å². The van der Waals surface area contributed by atoms with Gasteiger partial charge >= 0.3 is 12.4 Å². The lowest BCUT2D eigenvalue weighted by atomic mass is 10.1. The van der Waals surface area contributed by atoms with Gasteiger partial charge in [0.25, 0.3) is 5.91 Å². The van der Waals surface area contributed by atoms with E-state index in [1.807, 2.05) is 0 Å². The third-order valence-electron chi connectivity index (χ3n) is 4.75. The molecular weight excluding hydrogens is 454 g/mol. The van der Waals surface area contributed by atoms with Crippen molar-refractivity contribution in [2.75, 3.05) is 5.32 Å². The van der Waals surface area contributed by atoms with E-state index >= 15 is 0 Å². The van der Waals surface area contributed by atoms with Gasteiger partial charge in [-0.05, 0) is 36.8 Å². The molecule has 1 amide bonds. The van der Waals surface area contributed by atoms with Crippen molar-refractivity contribution in [2.45, 2.75) is 19.3 Å². The van der Waals surface area contributed by atoms with Gasteiger partial charge < -0.3 is 5.32 Å². The first-order valence-electron chi connectivity index (χ1n) is 9.29. The van der Waals surface area contributed by atoms with Gasteiger partial charge in [0.1, 0.15) is 28.3 Å². The number of aromatic nitrogens is 5. The number of pyridine rings is 2. The number of carbonyl (C=O) groups is 1. The van der Waals surface area contributed by atoms with Gasteiger partial charge in [0.2, 0.25) is 0 Å². The Morgan fingerprint density at radius 1 is 1.00 bits per heavy atom. The number of aryl methyl sites for hydroxylation is 2. The third kappa shape index (κ3) is 4.13. The molecule has 0 saturated heterocycles. The largest absolute Gasteiger partial charge is 0.433 e. The van der Waals surface area contributed by atoms with Gasteiger partial charge in [-0.25, -0.2) is 4.98 Å². The molecule has 0 aromatic carbocycles. The lowest BCUT2D eigenvalue weighted by molar-refractivity contribution is -0.141. The van der Waals surface area contributed by atoms with Crippen molar-refractivity contribution in [1.82, 2.24) is 24.1 Å². The number of alkyl halides is 6. The van der Waals surface area contributed by atoms with E-state index in [1.165, 1.54) is 22.9 Å². The Morgan fingerprint density at radius 2 is 1.73 bits per heavy atom. The lowest BCUT2D eigenvalue weighted by Gasteiger charge is -2.13. The van der Waals surface area contributed by atoms with Crippen LogP contribution in [0.2, 0.25) is 0 Å². The summed E-state index contributed by atoms with van der Waals surface area (Å²) >= 11 is 0. The van der Waals surface area contributed by atoms with Crippen molar-refractivity contribution in [3.8, 4) is 11.4 Å². The predicted octanol–water partition coefficient (Wildman–Crippen LogP) is 4.73. The molecule has 4 aromatic heterocycles. The summed E-state index contributed by atoms with van der Waals surface area (Å²) in [6.07, 6.45) is -6.14. The number of fused-ring (bicyclic) bond motifs is 1. The van der Waals surface area contributed by atoms with Gasteiger partial charge in [-0.3, -0.25) is 18.9 Å². The van der Waals surface area contributed by atoms with Crippen LogP contribution in [0, 0.1) is 6.92 Å². The number of anilines is 1. The molecule has 0 fully saturated rings. The van der Waals surface area contributed by atoms with E-state index in [-0.39, 0.29) is 11.4 Å². The number of nitrogens with one attached hydrogen (secondary N) is 1. The first-order valence-corrected chi connectivity index (χ1v) is 9.29. The van der Waals surface area contributed by atoms with Crippen molar-refractivity contribution in [1.29, 1.82) is 0 Å². The zero-order valence-corrected chi connectivity index (χ0v) is 17.0. The van der Waals surface area contributed by atoms with Crippen molar-refractivity contribution < 1.29 is 31.1 Å². The molecule has 0 radical (unpaired) electrons. The molecule has 0 bridgehead atoms. The zero-order chi connectivity index (χ0) is 24.1. The molecule has 0 aliphatic rings. The van der Waals surface area contributed by atoms with Crippen molar-refractivity contribution >= 4 is 17.2 Å². The summed E-state index contributed by atoms with van der Waals surface area (Å²) < 4.78 is 83.2. The first kappa shape index (κ1) is 22.3. The average Bonchev–Trinajstić information content (AvgIpc) is 3.30. The van der Waals surface area contributed by atoms with Crippen LogP contribution in [0.25, 0.3) is 17.0 Å². The summed E-state index contributed by atoms with van der Waals surface area (Å²) in [6, 6.07) is 4.69. The highest BCUT2D eigenvalue weighted by molar-refractivity contribution is 6.05. The molecule has 33 heavy (non-hydrogen) atoms. The topological polar surface area (TPSA) is 77.1 Å². The summed E-state index contributed by atoms with van der Waals surface area (Å²) in [5.74, 6) is -1.28. The molecule has 4 aromatic rings. The van der Waals surface area contributed by atoms with E-state index < -0.39 is 40.9 Å². The summed E-state index contributed by atoms with van der Waals surface area (Å²) in [5.41, 5.74) is -3.34. The molecule has 172 valence electrons. The molecule has 0 unspecified atom stereocenters. The summed E-state index contributed by atoms with van der Waals surface area (Å²) in [4.78, 5) is 20.0. The number of imidazole rings is 1. The van der Waals surface area contributed by atoms with Crippen LogP contribution in [-0.2, 0) is 19.4 Å². The van der Waals surface area contributed by atoms with Gasteiger partial charge in [0.15, 0.2) is 0 Å². The van der Waals surface area contributed by atoms with Gasteiger partial charge in [-0.1, -0.05) is 0 Å². The standard InChI is InChI=1S/C20H14F6N6O/c1-10-7-12(32-6-5-28-14(32)8-10)16-15(20(24,25)26)17(31(2)30-16)18(33)29-11-3-4-27-13(9-11)19(21,22)23/h3-9H,1-2H3,(H,27,29,33). The van der Waals surface area contributed by atoms with Crippen LogP contribution in [0.4, 0.5) is 32.0 Å². The third-order valence-corrected chi connectivity index (χ3v) is 4.75. The fourth-order valence-corrected chi connectivity index (χ4v) is 3.42. The van der Waals surface area contributed by atoms with E-state index in [0.717, 1.165) is 24.0 Å². The van der Waals surface area contributed by atoms with Crippen LogP contribution in [0.1, 0.15) is 27.3 Å². The Hall–Kier alpha value is -3.90. The first-order chi connectivity index (χ1) is 15.4. The molecule has 4 rings (SSSR count). The lowest BCUT2D eigenvalue weighted by Crippen LogP contribution is -2.21. The molecule has 0 atom stereocenters. The molecule has 0 spiro atoms. The number of nitrogens with zero attached hydrogens (tertiary/aromatic N) is 5. The predicted molar refractivity (Wildman–Crippen MR) is 104 cm³/mol. The van der Waals surface area contributed by atoms with Crippen molar-refractivity contribution in [3.05, 3.63) is 65.4 Å². The SMILES string of the molecule is Cc1cc(-c2nn(C)c(C(=O)Nc3ccnc(C(F)(F)F)c3)c2C(F)(F)F)n2ccnc2c1. The second-order valence-electron chi connectivity index (χ2n) is 7.15. The number of amides is 1.